The molecule has 2 aliphatic rings. The van der Waals surface area contributed by atoms with Crippen LogP contribution >= 0.6 is 23.5 Å². The van der Waals surface area contributed by atoms with Gasteiger partial charge in [0.15, 0.2) is 0 Å². The quantitative estimate of drug-likeness (QED) is 0.260. The molecular formula is C28H24N2S2. The summed E-state index contributed by atoms with van der Waals surface area (Å²) in [4.78, 5) is 5.23. The first kappa shape index (κ1) is 19.8. The zero-order valence-corrected chi connectivity index (χ0v) is 20.2. The van der Waals surface area contributed by atoms with E-state index in [4.69, 9.17) is 0 Å². The van der Waals surface area contributed by atoms with Crippen LogP contribution in [0.15, 0.2) is 80.2 Å². The van der Waals surface area contributed by atoms with Crippen molar-refractivity contribution >= 4 is 46.3 Å². The molecule has 32 heavy (non-hydrogen) atoms. The third kappa shape index (κ3) is 2.97. The van der Waals surface area contributed by atoms with Crippen LogP contribution in [0.1, 0.15) is 22.3 Å². The monoisotopic (exact) mass is 452 g/mol. The van der Waals surface area contributed by atoms with Crippen molar-refractivity contribution in [2.24, 2.45) is 0 Å². The highest BCUT2D eigenvalue weighted by molar-refractivity contribution is 8.00. The lowest BCUT2D eigenvalue weighted by molar-refractivity contribution is 1.19. The lowest BCUT2D eigenvalue weighted by Crippen LogP contribution is -2.06. The Bertz CT molecular complexity index is 1310. The summed E-state index contributed by atoms with van der Waals surface area (Å²) in [5, 5.41) is 7.31. The molecule has 158 valence electrons. The van der Waals surface area contributed by atoms with Crippen LogP contribution in [-0.4, -0.2) is 0 Å². The number of benzene rings is 4. The zero-order chi connectivity index (χ0) is 22.0. The van der Waals surface area contributed by atoms with E-state index in [1.165, 1.54) is 75.7 Å². The first-order valence-corrected chi connectivity index (χ1v) is 12.5. The molecule has 6 rings (SSSR count). The van der Waals surface area contributed by atoms with Crippen LogP contribution in [0.2, 0.25) is 0 Å². The van der Waals surface area contributed by atoms with Gasteiger partial charge < -0.3 is 10.6 Å². The summed E-state index contributed by atoms with van der Waals surface area (Å²) in [6, 6.07) is 21.8. The molecule has 0 bridgehead atoms. The van der Waals surface area contributed by atoms with Crippen molar-refractivity contribution in [3.63, 3.8) is 0 Å². The van der Waals surface area contributed by atoms with Crippen molar-refractivity contribution in [2.45, 2.75) is 47.3 Å². The summed E-state index contributed by atoms with van der Waals surface area (Å²) in [5.41, 5.74) is 12.9. The third-order valence-electron chi connectivity index (χ3n) is 6.42. The highest BCUT2D eigenvalue weighted by Crippen LogP contribution is 2.52. The van der Waals surface area contributed by atoms with Crippen molar-refractivity contribution in [1.29, 1.82) is 0 Å². The van der Waals surface area contributed by atoms with Crippen molar-refractivity contribution in [1.82, 2.24) is 0 Å². The minimum Gasteiger partial charge on any atom is -0.354 e. The van der Waals surface area contributed by atoms with Gasteiger partial charge in [0, 0.05) is 19.6 Å². The van der Waals surface area contributed by atoms with Gasteiger partial charge in [-0.25, -0.2) is 0 Å². The topological polar surface area (TPSA) is 24.1 Å². The molecule has 4 aromatic rings. The van der Waals surface area contributed by atoms with Crippen molar-refractivity contribution in [3.05, 3.63) is 82.9 Å². The second kappa shape index (κ2) is 7.36. The van der Waals surface area contributed by atoms with Crippen LogP contribution in [0, 0.1) is 27.7 Å². The standard InChI is InChI=1S/C28H24N2S2/c1-15-13-21-27(31-23-11-7-5-9-19(23)29-21)17(3)25(15)26-16(2)14-22-28(18(26)4)32-24-12-8-6-10-20(24)30-22/h5-14,29-30H,1-4H3. The van der Waals surface area contributed by atoms with Gasteiger partial charge in [0.1, 0.15) is 0 Å². The molecule has 2 heterocycles. The number of fused-ring (bicyclic) bond motifs is 4. The number of rotatable bonds is 1. The molecule has 0 atom stereocenters. The normalized spacial score (nSPS) is 13.2. The molecule has 4 aromatic carbocycles. The van der Waals surface area contributed by atoms with E-state index in [2.05, 4.69) is 99.0 Å². The molecule has 2 nitrogen and oxygen atoms in total. The molecule has 0 radical (unpaired) electrons. The Kier molecular flexibility index (Phi) is 4.56. The van der Waals surface area contributed by atoms with Gasteiger partial charge in [-0.3, -0.25) is 0 Å². The fourth-order valence-corrected chi connectivity index (χ4v) is 7.12. The fourth-order valence-electron chi connectivity index (χ4n) is 4.98. The maximum absolute atomic E-state index is 3.66. The summed E-state index contributed by atoms with van der Waals surface area (Å²) in [7, 11) is 0. The summed E-state index contributed by atoms with van der Waals surface area (Å²) in [5.74, 6) is 0. The number of para-hydroxylation sites is 2. The third-order valence-corrected chi connectivity index (χ3v) is 9.03. The minimum absolute atomic E-state index is 1.19. The van der Waals surface area contributed by atoms with E-state index in [0.717, 1.165) is 0 Å². The van der Waals surface area contributed by atoms with Gasteiger partial charge in [-0.05, 0) is 97.5 Å². The van der Waals surface area contributed by atoms with Gasteiger partial charge in [0.05, 0.1) is 22.7 Å². The molecule has 0 aliphatic carbocycles. The largest absolute Gasteiger partial charge is 0.354 e. The van der Waals surface area contributed by atoms with Crippen LogP contribution in [-0.2, 0) is 0 Å². The molecule has 0 unspecified atom stereocenters. The number of anilines is 4. The molecule has 0 aromatic heterocycles. The average molecular weight is 453 g/mol. The van der Waals surface area contributed by atoms with Crippen LogP contribution in [0.4, 0.5) is 22.7 Å². The molecular weight excluding hydrogens is 428 g/mol. The van der Waals surface area contributed by atoms with E-state index in [1.54, 1.807) is 0 Å². The summed E-state index contributed by atoms with van der Waals surface area (Å²) >= 11 is 3.76. The molecule has 0 saturated heterocycles. The second-order valence-electron chi connectivity index (χ2n) is 8.59. The van der Waals surface area contributed by atoms with Crippen LogP contribution < -0.4 is 10.6 Å². The predicted octanol–water partition coefficient (Wildman–Crippen LogP) is 9.00. The zero-order valence-electron chi connectivity index (χ0n) is 18.6. The van der Waals surface area contributed by atoms with Crippen molar-refractivity contribution < 1.29 is 0 Å². The predicted molar refractivity (Wildman–Crippen MR) is 139 cm³/mol. The van der Waals surface area contributed by atoms with Gasteiger partial charge in [0.2, 0.25) is 0 Å². The average Bonchev–Trinajstić information content (AvgIpc) is 2.79. The Morgan fingerprint density at radius 3 is 1.38 bits per heavy atom. The highest BCUT2D eigenvalue weighted by atomic mass is 32.2. The van der Waals surface area contributed by atoms with E-state index in [1.807, 2.05) is 23.5 Å². The van der Waals surface area contributed by atoms with E-state index in [-0.39, 0.29) is 0 Å². The van der Waals surface area contributed by atoms with Gasteiger partial charge >= 0.3 is 0 Å². The van der Waals surface area contributed by atoms with Gasteiger partial charge in [0.25, 0.3) is 0 Å². The molecule has 4 heteroatoms. The molecule has 0 amide bonds. The van der Waals surface area contributed by atoms with E-state index in [9.17, 15) is 0 Å². The van der Waals surface area contributed by atoms with E-state index < -0.39 is 0 Å². The Hall–Kier alpha value is -2.82. The molecule has 2 N–H and O–H groups in total. The van der Waals surface area contributed by atoms with E-state index in [0.29, 0.717) is 0 Å². The first-order valence-electron chi connectivity index (χ1n) is 10.9. The second-order valence-corrected chi connectivity index (χ2v) is 10.7. The number of nitrogens with one attached hydrogen (secondary N) is 2. The molecule has 0 spiro atoms. The molecule has 2 aliphatic heterocycles. The Labute approximate surface area is 197 Å². The van der Waals surface area contributed by atoms with Gasteiger partial charge in [-0.15, -0.1) is 0 Å². The lowest BCUT2D eigenvalue weighted by Gasteiger charge is -2.28. The maximum Gasteiger partial charge on any atom is 0.0532 e. The van der Waals surface area contributed by atoms with Crippen molar-refractivity contribution in [2.75, 3.05) is 10.6 Å². The van der Waals surface area contributed by atoms with E-state index >= 15 is 0 Å². The van der Waals surface area contributed by atoms with Crippen molar-refractivity contribution in [3.8, 4) is 11.1 Å². The smallest absolute Gasteiger partial charge is 0.0532 e. The SMILES string of the molecule is Cc1cc2c(c(C)c1-c1c(C)cc3c(c1C)Sc1ccccc1N3)Sc1ccccc1N2. The maximum atomic E-state index is 3.66. The Morgan fingerprint density at radius 2 is 0.938 bits per heavy atom. The number of aryl methyl sites for hydroxylation is 2. The van der Waals surface area contributed by atoms with Gasteiger partial charge in [-0.2, -0.15) is 0 Å². The molecule has 0 saturated carbocycles. The van der Waals surface area contributed by atoms with Crippen LogP contribution in [0.3, 0.4) is 0 Å². The number of hydrogen-bond donors (Lipinski definition) is 2. The van der Waals surface area contributed by atoms with Crippen LogP contribution in [0.5, 0.6) is 0 Å². The molecule has 0 fully saturated rings. The van der Waals surface area contributed by atoms with Gasteiger partial charge in [-0.1, -0.05) is 47.8 Å². The van der Waals surface area contributed by atoms with Crippen LogP contribution in [0.25, 0.3) is 11.1 Å². The summed E-state index contributed by atoms with van der Waals surface area (Å²) in [6.07, 6.45) is 0. The number of hydrogen-bond acceptors (Lipinski definition) is 4. The Balaban J connectivity index is 1.52. The lowest BCUT2D eigenvalue weighted by atomic mass is 9.88. The first-order chi connectivity index (χ1) is 15.5. The minimum atomic E-state index is 1.19. The fraction of sp³-hybridized carbons (Fsp3) is 0.143. The highest BCUT2D eigenvalue weighted by Gasteiger charge is 2.25. The Morgan fingerprint density at radius 1 is 0.531 bits per heavy atom. The summed E-state index contributed by atoms with van der Waals surface area (Å²) in [6.45, 7) is 9.05. The summed E-state index contributed by atoms with van der Waals surface area (Å²) < 4.78 is 0.